The van der Waals surface area contributed by atoms with Crippen molar-refractivity contribution in [3.63, 3.8) is 0 Å². The molecule has 0 radical (unpaired) electrons. The second kappa shape index (κ2) is 8.95. The number of nitrogens with zero attached hydrogens (tertiary/aromatic N) is 4. The van der Waals surface area contributed by atoms with Gasteiger partial charge < -0.3 is 14.8 Å². The van der Waals surface area contributed by atoms with E-state index in [9.17, 15) is 4.79 Å². The van der Waals surface area contributed by atoms with Crippen molar-refractivity contribution >= 4 is 28.5 Å². The van der Waals surface area contributed by atoms with E-state index in [0.29, 0.717) is 28.3 Å². The lowest BCUT2D eigenvalue weighted by Gasteiger charge is -2.13. The van der Waals surface area contributed by atoms with E-state index < -0.39 is 5.97 Å². The van der Waals surface area contributed by atoms with Crippen LogP contribution in [0.15, 0.2) is 30.6 Å². The first-order chi connectivity index (χ1) is 13.9. The summed E-state index contributed by atoms with van der Waals surface area (Å²) in [6, 6.07) is 5.51. The summed E-state index contributed by atoms with van der Waals surface area (Å²) in [6.07, 6.45) is 3.12. The fourth-order valence-corrected chi connectivity index (χ4v) is 3.23. The first-order valence-electron chi connectivity index (χ1n) is 9.20. The number of nitrogens with one attached hydrogen (secondary N) is 1. The first kappa shape index (κ1) is 20.7. The molecule has 0 aliphatic rings. The SMILES string of the molecule is COC(=O)c1cc(-c2nsc(Nc3ncccc3C(C)C)n2)ncc1OC(C)C. The van der Waals surface area contributed by atoms with Crippen LogP contribution in [0.5, 0.6) is 5.75 Å². The Morgan fingerprint density at radius 2 is 2.00 bits per heavy atom. The molecule has 3 heterocycles. The number of methoxy groups -OCH3 is 1. The van der Waals surface area contributed by atoms with Gasteiger partial charge in [0.25, 0.3) is 0 Å². The molecule has 29 heavy (non-hydrogen) atoms. The Balaban J connectivity index is 1.89. The molecular weight excluding hydrogens is 390 g/mol. The van der Waals surface area contributed by atoms with Gasteiger partial charge in [0.1, 0.15) is 17.1 Å². The summed E-state index contributed by atoms with van der Waals surface area (Å²) in [5.41, 5.74) is 1.82. The largest absolute Gasteiger partial charge is 0.488 e. The van der Waals surface area contributed by atoms with Gasteiger partial charge in [-0.3, -0.25) is 0 Å². The Morgan fingerprint density at radius 3 is 2.69 bits per heavy atom. The molecule has 3 rings (SSSR count). The van der Waals surface area contributed by atoms with Crippen LogP contribution in [-0.2, 0) is 4.74 Å². The fourth-order valence-electron chi connectivity index (χ4n) is 2.65. The van der Waals surface area contributed by atoms with Crippen LogP contribution in [0, 0.1) is 0 Å². The molecule has 0 bridgehead atoms. The van der Waals surface area contributed by atoms with Crippen LogP contribution in [0.25, 0.3) is 11.5 Å². The molecule has 0 spiro atoms. The van der Waals surface area contributed by atoms with E-state index in [2.05, 4.69) is 38.5 Å². The third-order valence-electron chi connectivity index (χ3n) is 3.98. The Hall–Kier alpha value is -3.07. The lowest BCUT2D eigenvalue weighted by Crippen LogP contribution is -2.12. The smallest absolute Gasteiger partial charge is 0.341 e. The number of esters is 1. The van der Waals surface area contributed by atoms with Crippen molar-refractivity contribution in [1.29, 1.82) is 0 Å². The summed E-state index contributed by atoms with van der Waals surface area (Å²) in [7, 11) is 1.32. The Kier molecular flexibility index (Phi) is 6.38. The molecule has 0 fully saturated rings. The van der Waals surface area contributed by atoms with Gasteiger partial charge >= 0.3 is 5.97 Å². The van der Waals surface area contributed by atoms with Gasteiger partial charge in [0.05, 0.1) is 19.4 Å². The van der Waals surface area contributed by atoms with Crippen molar-refractivity contribution in [2.45, 2.75) is 39.7 Å². The zero-order valence-corrected chi connectivity index (χ0v) is 17.8. The molecule has 0 amide bonds. The zero-order chi connectivity index (χ0) is 21.0. The molecule has 9 heteroatoms. The molecule has 0 aromatic carbocycles. The van der Waals surface area contributed by atoms with E-state index in [1.807, 2.05) is 26.0 Å². The molecule has 0 saturated carbocycles. The van der Waals surface area contributed by atoms with Crippen LogP contribution in [0.1, 0.15) is 49.5 Å². The Labute approximate surface area is 173 Å². The predicted molar refractivity (Wildman–Crippen MR) is 112 cm³/mol. The summed E-state index contributed by atoms with van der Waals surface area (Å²) in [4.78, 5) is 25.4. The molecule has 1 N–H and O–H groups in total. The minimum absolute atomic E-state index is 0.104. The van der Waals surface area contributed by atoms with Gasteiger partial charge in [0.2, 0.25) is 5.13 Å². The third kappa shape index (κ3) is 4.86. The average Bonchev–Trinajstić information content (AvgIpc) is 3.16. The van der Waals surface area contributed by atoms with Gasteiger partial charge in [-0.1, -0.05) is 19.9 Å². The lowest BCUT2D eigenvalue weighted by molar-refractivity contribution is 0.0594. The summed E-state index contributed by atoms with van der Waals surface area (Å²) in [5.74, 6) is 1.32. The van der Waals surface area contributed by atoms with E-state index in [4.69, 9.17) is 9.47 Å². The van der Waals surface area contributed by atoms with Crippen molar-refractivity contribution in [3.05, 3.63) is 41.7 Å². The number of hydrogen-bond acceptors (Lipinski definition) is 9. The highest BCUT2D eigenvalue weighted by Gasteiger charge is 2.19. The Bertz CT molecular complexity index is 1000. The number of hydrogen-bond donors (Lipinski definition) is 1. The second-order valence-electron chi connectivity index (χ2n) is 6.87. The molecule has 8 nitrogen and oxygen atoms in total. The summed E-state index contributed by atoms with van der Waals surface area (Å²) < 4.78 is 14.9. The average molecular weight is 414 g/mol. The van der Waals surface area contributed by atoms with Crippen molar-refractivity contribution in [1.82, 2.24) is 19.3 Å². The highest BCUT2D eigenvalue weighted by Crippen LogP contribution is 2.29. The highest BCUT2D eigenvalue weighted by atomic mass is 32.1. The molecule has 3 aromatic rings. The minimum atomic E-state index is -0.507. The molecule has 0 saturated heterocycles. The van der Waals surface area contributed by atoms with Gasteiger partial charge in [-0.15, -0.1) is 0 Å². The quantitative estimate of drug-likeness (QED) is 0.568. The molecule has 0 unspecified atom stereocenters. The number of aromatic nitrogens is 4. The topological polar surface area (TPSA) is 99.1 Å². The van der Waals surface area contributed by atoms with Crippen molar-refractivity contribution in [2.24, 2.45) is 0 Å². The second-order valence-corrected chi connectivity index (χ2v) is 7.62. The maximum absolute atomic E-state index is 12.2. The molecule has 0 aliphatic heterocycles. The van der Waals surface area contributed by atoms with Crippen molar-refractivity contribution < 1.29 is 14.3 Å². The number of anilines is 2. The number of carbonyl (C=O) groups is 1. The number of ether oxygens (including phenoxy) is 2. The van der Waals surface area contributed by atoms with Gasteiger partial charge in [-0.2, -0.15) is 9.36 Å². The van der Waals surface area contributed by atoms with Crippen LogP contribution < -0.4 is 10.1 Å². The van der Waals surface area contributed by atoms with E-state index >= 15 is 0 Å². The fraction of sp³-hybridized carbons (Fsp3) is 0.350. The number of pyridine rings is 2. The maximum Gasteiger partial charge on any atom is 0.341 e. The van der Waals surface area contributed by atoms with E-state index in [-0.39, 0.29) is 11.7 Å². The minimum Gasteiger partial charge on any atom is -0.488 e. The van der Waals surface area contributed by atoms with E-state index in [1.165, 1.54) is 24.8 Å². The predicted octanol–water partition coefficient (Wildman–Crippen LogP) is 4.44. The van der Waals surface area contributed by atoms with Gasteiger partial charge in [-0.05, 0) is 37.5 Å². The Morgan fingerprint density at radius 1 is 1.21 bits per heavy atom. The molecule has 152 valence electrons. The highest BCUT2D eigenvalue weighted by molar-refractivity contribution is 7.09. The van der Waals surface area contributed by atoms with Crippen LogP contribution >= 0.6 is 11.5 Å². The number of carbonyl (C=O) groups excluding carboxylic acids is 1. The molecule has 0 atom stereocenters. The van der Waals surface area contributed by atoms with Crippen LogP contribution in [0.2, 0.25) is 0 Å². The summed E-state index contributed by atoms with van der Waals surface area (Å²) in [6.45, 7) is 7.95. The first-order valence-corrected chi connectivity index (χ1v) is 9.97. The third-order valence-corrected chi connectivity index (χ3v) is 4.61. The summed E-state index contributed by atoms with van der Waals surface area (Å²) >= 11 is 1.19. The van der Waals surface area contributed by atoms with E-state index in [0.717, 1.165) is 11.4 Å². The van der Waals surface area contributed by atoms with Gasteiger partial charge in [0, 0.05) is 17.7 Å². The number of rotatable bonds is 7. The van der Waals surface area contributed by atoms with E-state index in [1.54, 1.807) is 12.3 Å². The summed E-state index contributed by atoms with van der Waals surface area (Å²) in [5, 5.41) is 3.81. The van der Waals surface area contributed by atoms with Crippen LogP contribution in [0.4, 0.5) is 10.9 Å². The van der Waals surface area contributed by atoms with Gasteiger partial charge in [-0.25, -0.2) is 14.8 Å². The normalized spacial score (nSPS) is 11.0. The van der Waals surface area contributed by atoms with Crippen molar-refractivity contribution in [3.8, 4) is 17.3 Å². The monoisotopic (exact) mass is 413 g/mol. The van der Waals surface area contributed by atoms with Crippen LogP contribution in [-0.4, -0.2) is 38.5 Å². The van der Waals surface area contributed by atoms with Crippen molar-refractivity contribution in [2.75, 3.05) is 12.4 Å². The molecular formula is C20H23N5O3S. The molecule has 0 aliphatic carbocycles. The van der Waals surface area contributed by atoms with Gasteiger partial charge in [0.15, 0.2) is 11.6 Å². The lowest BCUT2D eigenvalue weighted by atomic mass is 10.0. The van der Waals surface area contributed by atoms with Crippen LogP contribution in [0.3, 0.4) is 0 Å². The maximum atomic E-state index is 12.2. The standard InChI is InChI=1S/C20H23N5O3S/c1-11(2)13-7-6-8-21-17(13)23-20-24-18(25-29-20)15-9-14(19(26)27-5)16(10-22-15)28-12(3)4/h6-12H,1-5H3,(H,21,23,24,25). The molecule has 3 aromatic heterocycles. The zero-order valence-electron chi connectivity index (χ0n) is 17.0.